The molecule has 0 aromatic carbocycles. The lowest BCUT2D eigenvalue weighted by atomic mass is 9.98. The van der Waals surface area contributed by atoms with Crippen LogP contribution < -0.4 is 0 Å². The summed E-state index contributed by atoms with van der Waals surface area (Å²) in [5.41, 5.74) is 0. The number of hydrogen-bond donors (Lipinski definition) is 0. The highest BCUT2D eigenvalue weighted by Gasteiger charge is 2.12. The van der Waals surface area contributed by atoms with Gasteiger partial charge in [-0.25, -0.2) is 0 Å². The number of hydrogen-bond acceptors (Lipinski definition) is 1. The normalized spacial score (nSPS) is 24.5. The van der Waals surface area contributed by atoms with Gasteiger partial charge < -0.3 is 4.74 Å². The average molecular weight is 162 g/mol. The van der Waals surface area contributed by atoms with Gasteiger partial charge in [0.2, 0.25) is 0 Å². The van der Waals surface area contributed by atoms with E-state index in [1.807, 2.05) is 0 Å². The molecule has 0 amide bonds. The third kappa shape index (κ3) is 3.71. The van der Waals surface area contributed by atoms with Crippen LogP contribution in [0.4, 0.5) is 4.39 Å². The second kappa shape index (κ2) is 5.53. The van der Waals surface area contributed by atoms with Crippen LogP contribution in [0.2, 0.25) is 0 Å². The molecule has 0 aromatic rings. The van der Waals surface area contributed by atoms with Crippen LogP contribution in [0.15, 0.2) is 0 Å². The Bertz CT molecular complexity index is 141. The fourth-order valence-corrected chi connectivity index (χ4v) is 1.50. The highest BCUT2D eigenvalue weighted by molar-refractivity contribution is 4.64. The van der Waals surface area contributed by atoms with Gasteiger partial charge in [-0.05, 0) is 19.3 Å². The Morgan fingerprint density at radius 3 is 2.73 bits per heavy atom. The zero-order valence-corrected chi connectivity index (χ0v) is 6.81. The molecular formula is C9H17FO. The van der Waals surface area contributed by atoms with Gasteiger partial charge in [0.1, 0.15) is 0 Å². The van der Waals surface area contributed by atoms with E-state index < -0.39 is 6.63 Å². The predicted molar refractivity (Wildman–Crippen MR) is 43.4 cm³/mol. The monoisotopic (exact) mass is 162 g/mol. The topological polar surface area (TPSA) is 9.23 Å². The number of halogens is 1. The Hall–Kier alpha value is -0.110. The minimum Gasteiger partial charge on any atom is -0.378 e. The predicted octanol–water partition coefficient (Wildman–Crippen LogP) is 2.70. The van der Waals surface area contributed by atoms with E-state index >= 15 is 0 Å². The molecule has 0 radical (unpaired) electrons. The number of ether oxygens (including phenoxy) is 1. The number of alkyl halides is 1. The van der Waals surface area contributed by atoms with Gasteiger partial charge in [-0.1, -0.05) is 19.3 Å². The van der Waals surface area contributed by atoms with Crippen molar-refractivity contribution in [2.45, 2.75) is 44.6 Å². The van der Waals surface area contributed by atoms with Crippen LogP contribution in [0.1, 0.15) is 41.3 Å². The molecule has 2 heteroatoms. The Balaban J connectivity index is 2.04. The lowest BCUT2D eigenvalue weighted by molar-refractivity contribution is 0.0250. The fraction of sp³-hybridized carbons (Fsp3) is 1.00. The van der Waals surface area contributed by atoms with E-state index in [4.69, 9.17) is 7.48 Å². The summed E-state index contributed by atoms with van der Waals surface area (Å²) in [5, 5.41) is 0. The van der Waals surface area contributed by atoms with Gasteiger partial charge in [-0.2, -0.15) is 0 Å². The molecule has 1 fully saturated rings. The molecule has 0 bridgehead atoms. The molecule has 1 rings (SSSR count). The molecular weight excluding hydrogens is 143 g/mol. The van der Waals surface area contributed by atoms with Crippen molar-refractivity contribution in [3.63, 3.8) is 0 Å². The summed E-state index contributed by atoms with van der Waals surface area (Å²) in [6.45, 7) is -2.37. The van der Waals surface area contributed by atoms with Crippen molar-refractivity contribution in [1.82, 2.24) is 0 Å². The van der Waals surface area contributed by atoms with Crippen LogP contribution in [-0.4, -0.2) is 19.3 Å². The van der Waals surface area contributed by atoms with Crippen LogP contribution in [0.5, 0.6) is 0 Å². The maximum absolute atomic E-state index is 12.4. The average Bonchev–Trinajstić information content (AvgIpc) is 2.04. The van der Waals surface area contributed by atoms with Gasteiger partial charge in [0.25, 0.3) is 0 Å². The van der Waals surface area contributed by atoms with E-state index in [2.05, 4.69) is 0 Å². The molecule has 1 saturated carbocycles. The maximum atomic E-state index is 12.4. The molecule has 0 spiro atoms. The molecule has 1 aliphatic carbocycles. The zero-order chi connectivity index (χ0) is 9.73. The minimum atomic E-state index is -2.57. The Labute approximate surface area is 70.7 Å². The van der Waals surface area contributed by atoms with Crippen molar-refractivity contribution in [1.29, 1.82) is 0 Å². The molecule has 66 valence electrons. The van der Waals surface area contributed by atoms with Crippen LogP contribution in [-0.2, 0) is 4.74 Å². The van der Waals surface area contributed by atoms with E-state index in [-0.39, 0.29) is 19.1 Å². The van der Waals surface area contributed by atoms with Crippen molar-refractivity contribution in [3.05, 3.63) is 0 Å². The van der Waals surface area contributed by atoms with E-state index in [0.29, 0.717) is 0 Å². The van der Waals surface area contributed by atoms with E-state index in [0.717, 1.165) is 12.8 Å². The standard InChI is InChI=1S/C9H17FO/c10-7-4-8-11-9-5-2-1-3-6-9/h9H,1-8H2/i7D2. The first-order chi connectivity index (χ1) is 6.08. The highest BCUT2D eigenvalue weighted by Crippen LogP contribution is 2.20. The second-order valence-corrected chi connectivity index (χ2v) is 3.01. The first-order valence-electron chi connectivity index (χ1n) is 5.38. The SMILES string of the molecule is [2H]C([2H])(F)CCOC1CCCCC1. The molecule has 0 unspecified atom stereocenters. The third-order valence-corrected chi connectivity index (χ3v) is 2.10. The summed E-state index contributed by atoms with van der Waals surface area (Å²) >= 11 is 0. The van der Waals surface area contributed by atoms with Crippen molar-refractivity contribution in [3.8, 4) is 0 Å². The molecule has 0 saturated heterocycles. The van der Waals surface area contributed by atoms with Gasteiger partial charge >= 0.3 is 0 Å². The first-order valence-corrected chi connectivity index (χ1v) is 4.38. The van der Waals surface area contributed by atoms with Gasteiger partial charge in [0, 0.05) is 6.61 Å². The van der Waals surface area contributed by atoms with E-state index in [1.54, 1.807) is 0 Å². The summed E-state index contributed by atoms with van der Waals surface area (Å²) in [7, 11) is 0. The van der Waals surface area contributed by atoms with Crippen molar-refractivity contribution in [2.75, 3.05) is 13.2 Å². The molecule has 11 heavy (non-hydrogen) atoms. The summed E-state index contributed by atoms with van der Waals surface area (Å²) < 4.78 is 31.1. The smallest absolute Gasteiger partial charge is 0.0916 e. The summed E-state index contributed by atoms with van der Waals surface area (Å²) in [4.78, 5) is 0. The number of rotatable bonds is 4. The molecule has 1 aliphatic rings. The van der Waals surface area contributed by atoms with Gasteiger partial charge in [0.15, 0.2) is 0 Å². The first kappa shape index (κ1) is 6.41. The van der Waals surface area contributed by atoms with Crippen molar-refractivity contribution in [2.24, 2.45) is 0 Å². The molecule has 0 heterocycles. The Morgan fingerprint density at radius 1 is 1.36 bits per heavy atom. The maximum Gasteiger partial charge on any atom is 0.0916 e. The van der Waals surface area contributed by atoms with Crippen molar-refractivity contribution < 1.29 is 11.9 Å². The second-order valence-electron chi connectivity index (χ2n) is 3.01. The van der Waals surface area contributed by atoms with E-state index in [9.17, 15) is 4.39 Å². The van der Waals surface area contributed by atoms with Crippen LogP contribution in [0.25, 0.3) is 0 Å². The lowest BCUT2D eigenvalue weighted by Crippen LogP contribution is -2.17. The lowest BCUT2D eigenvalue weighted by Gasteiger charge is -2.21. The molecule has 0 N–H and O–H groups in total. The molecule has 1 nitrogen and oxygen atoms in total. The molecule has 0 atom stereocenters. The van der Waals surface area contributed by atoms with Gasteiger partial charge in [-0.15, -0.1) is 0 Å². The van der Waals surface area contributed by atoms with Crippen LogP contribution >= 0.6 is 0 Å². The largest absolute Gasteiger partial charge is 0.378 e. The molecule has 0 aromatic heterocycles. The van der Waals surface area contributed by atoms with E-state index in [1.165, 1.54) is 19.3 Å². The summed E-state index contributed by atoms with van der Waals surface area (Å²) in [6.07, 6.45) is 5.84. The van der Waals surface area contributed by atoms with Gasteiger partial charge in [-0.3, -0.25) is 4.39 Å². The quantitative estimate of drug-likeness (QED) is 0.617. The van der Waals surface area contributed by atoms with Crippen LogP contribution in [0, 0.1) is 0 Å². The fourth-order valence-electron chi connectivity index (χ4n) is 1.50. The molecule has 0 aliphatic heterocycles. The Kier molecular flexibility index (Phi) is 3.22. The zero-order valence-electron chi connectivity index (χ0n) is 8.81. The summed E-state index contributed by atoms with van der Waals surface area (Å²) in [5.74, 6) is 0. The highest BCUT2D eigenvalue weighted by atomic mass is 19.1. The third-order valence-electron chi connectivity index (χ3n) is 2.10. The van der Waals surface area contributed by atoms with Crippen molar-refractivity contribution >= 4 is 0 Å². The Morgan fingerprint density at radius 2 is 2.09 bits per heavy atom. The minimum absolute atomic E-state index is 0.149. The van der Waals surface area contributed by atoms with Gasteiger partial charge in [0.05, 0.1) is 15.5 Å². The van der Waals surface area contributed by atoms with Crippen LogP contribution in [0.3, 0.4) is 0 Å². The summed E-state index contributed by atoms with van der Waals surface area (Å²) in [6, 6.07) is 0.